The van der Waals surface area contributed by atoms with Gasteiger partial charge in [0.15, 0.2) is 0 Å². The first-order valence-electron chi connectivity index (χ1n) is 5.98. The molecule has 0 radical (unpaired) electrons. The largest absolute Gasteiger partial charge is 0.385 e. The van der Waals surface area contributed by atoms with E-state index >= 15 is 0 Å². The molecule has 15 heavy (non-hydrogen) atoms. The summed E-state index contributed by atoms with van der Waals surface area (Å²) < 4.78 is 0. The smallest absolute Gasteiger partial charge is 0.0372 e. The third kappa shape index (κ3) is 3.58. The van der Waals surface area contributed by atoms with E-state index in [9.17, 15) is 0 Å². The summed E-state index contributed by atoms with van der Waals surface area (Å²) in [7, 11) is 0. The van der Waals surface area contributed by atoms with Crippen LogP contribution in [0.2, 0.25) is 0 Å². The standard InChI is InChI=1S/C14H23N/c1-5-13(6-2)10-15-14-9-11(3)7-8-12(14)4/h7-9,13,15H,5-6,10H2,1-4H3. The molecule has 1 rings (SSSR count). The second-order valence-corrected chi connectivity index (χ2v) is 4.38. The van der Waals surface area contributed by atoms with Crippen molar-refractivity contribution >= 4 is 5.69 Å². The Morgan fingerprint density at radius 3 is 2.40 bits per heavy atom. The molecule has 0 unspecified atom stereocenters. The summed E-state index contributed by atoms with van der Waals surface area (Å²) in [4.78, 5) is 0. The first-order valence-corrected chi connectivity index (χ1v) is 5.98. The van der Waals surface area contributed by atoms with Gasteiger partial charge in [0.1, 0.15) is 0 Å². The molecule has 0 saturated carbocycles. The maximum absolute atomic E-state index is 3.56. The van der Waals surface area contributed by atoms with Crippen molar-refractivity contribution in [1.82, 2.24) is 0 Å². The SMILES string of the molecule is CCC(CC)CNc1cc(C)ccc1C. The van der Waals surface area contributed by atoms with Gasteiger partial charge in [0, 0.05) is 12.2 Å². The van der Waals surface area contributed by atoms with Crippen molar-refractivity contribution < 1.29 is 0 Å². The number of rotatable bonds is 5. The number of anilines is 1. The van der Waals surface area contributed by atoms with Gasteiger partial charge in [-0.15, -0.1) is 0 Å². The Bertz CT molecular complexity index is 300. The molecule has 0 atom stereocenters. The molecule has 0 fully saturated rings. The minimum atomic E-state index is 0.796. The highest BCUT2D eigenvalue weighted by Crippen LogP contribution is 2.17. The molecule has 0 aromatic heterocycles. The molecular formula is C14H23N. The van der Waals surface area contributed by atoms with Crippen LogP contribution in [0.4, 0.5) is 5.69 Å². The van der Waals surface area contributed by atoms with Crippen LogP contribution < -0.4 is 5.32 Å². The van der Waals surface area contributed by atoms with Crippen LogP contribution >= 0.6 is 0 Å². The molecule has 1 heteroatoms. The minimum absolute atomic E-state index is 0.796. The third-order valence-corrected chi connectivity index (χ3v) is 3.13. The Balaban J connectivity index is 2.60. The van der Waals surface area contributed by atoms with Gasteiger partial charge in [0.25, 0.3) is 0 Å². The molecule has 0 aliphatic carbocycles. The van der Waals surface area contributed by atoms with Crippen molar-refractivity contribution in [3.05, 3.63) is 29.3 Å². The minimum Gasteiger partial charge on any atom is -0.385 e. The van der Waals surface area contributed by atoms with Crippen LogP contribution in [0.1, 0.15) is 37.8 Å². The highest BCUT2D eigenvalue weighted by molar-refractivity contribution is 5.52. The maximum atomic E-state index is 3.56. The average molecular weight is 205 g/mol. The lowest BCUT2D eigenvalue weighted by molar-refractivity contribution is 0.519. The lowest BCUT2D eigenvalue weighted by atomic mass is 10.0. The Kier molecular flexibility index (Phi) is 4.67. The van der Waals surface area contributed by atoms with Gasteiger partial charge in [-0.25, -0.2) is 0 Å². The van der Waals surface area contributed by atoms with E-state index in [1.165, 1.54) is 29.7 Å². The van der Waals surface area contributed by atoms with E-state index in [0.717, 1.165) is 12.5 Å². The van der Waals surface area contributed by atoms with E-state index in [4.69, 9.17) is 0 Å². The van der Waals surface area contributed by atoms with Gasteiger partial charge < -0.3 is 5.32 Å². The predicted octanol–water partition coefficient (Wildman–Crippen LogP) is 4.15. The fraction of sp³-hybridized carbons (Fsp3) is 0.571. The Morgan fingerprint density at radius 2 is 1.80 bits per heavy atom. The molecule has 0 spiro atoms. The van der Waals surface area contributed by atoms with Crippen molar-refractivity contribution in [2.45, 2.75) is 40.5 Å². The molecule has 0 aliphatic heterocycles. The summed E-state index contributed by atoms with van der Waals surface area (Å²) in [6, 6.07) is 6.58. The molecule has 1 aromatic carbocycles. The Morgan fingerprint density at radius 1 is 1.13 bits per heavy atom. The van der Waals surface area contributed by atoms with Gasteiger partial charge in [-0.05, 0) is 37.0 Å². The third-order valence-electron chi connectivity index (χ3n) is 3.13. The quantitative estimate of drug-likeness (QED) is 0.761. The second kappa shape index (κ2) is 5.79. The van der Waals surface area contributed by atoms with Gasteiger partial charge in [-0.1, -0.05) is 38.8 Å². The molecule has 0 aliphatic rings. The molecule has 1 nitrogen and oxygen atoms in total. The van der Waals surface area contributed by atoms with Gasteiger partial charge in [0.2, 0.25) is 0 Å². The summed E-state index contributed by atoms with van der Waals surface area (Å²) in [6.07, 6.45) is 2.52. The summed E-state index contributed by atoms with van der Waals surface area (Å²) in [6.45, 7) is 9.92. The maximum Gasteiger partial charge on any atom is 0.0372 e. The van der Waals surface area contributed by atoms with E-state index in [1.54, 1.807) is 0 Å². The molecule has 1 aromatic rings. The number of hydrogen-bond donors (Lipinski definition) is 1. The van der Waals surface area contributed by atoms with Gasteiger partial charge in [0.05, 0.1) is 0 Å². The predicted molar refractivity (Wildman–Crippen MR) is 68.5 cm³/mol. The summed E-state index contributed by atoms with van der Waals surface area (Å²) in [5.74, 6) is 0.796. The number of nitrogens with one attached hydrogen (secondary N) is 1. The highest BCUT2D eigenvalue weighted by atomic mass is 14.9. The van der Waals surface area contributed by atoms with Crippen LogP contribution in [-0.4, -0.2) is 6.54 Å². The van der Waals surface area contributed by atoms with Crippen molar-refractivity contribution in [2.24, 2.45) is 5.92 Å². The van der Waals surface area contributed by atoms with Crippen molar-refractivity contribution in [2.75, 3.05) is 11.9 Å². The van der Waals surface area contributed by atoms with Crippen LogP contribution in [0.5, 0.6) is 0 Å². The molecule has 0 heterocycles. The highest BCUT2D eigenvalue weighted by Gasteiger charge is 2.04. The summed E-state index contributed by atoms with van der Waals surface area (Å²) in [5, 5.41) is 3.56. The zero-order valence-corrected chi connectivity index (χ0v) is 10.4. The zero-order chi connectivity index (χ0) is 11.3. The van der Waals surface area contributed by atoms with Crippen molar-refractivity contribution in [1.29, 1.82) is 0 Å². The van der Waals surface area contributed by atoms with E-state index in [1.807, 2.05) is 0 Å². The molecule has 0 saturated heterocycles. The first kappa shape index (κ1) is 12.1. The van der Waals surface area contributed by atoms with E-state index in [0.29, 0.717) is 0 Å². The van der Waals surface area contributed by atoms with Crippen LogP contribution in [-0.2, 0) is 0 Å². The fourth-order valence-electron chi connectivity index (χ4n) is 1.76. The van der Waals surface area contributed by atoms with Crippen LogP contribution in [0.15, 0.2) is 18.2 Å². The van der Waals surface area contributed by atoms with Crippen molar-refractivity contribution in [3.63, 3.8) is 0 Å². The first-order chi connectivity index (χ1) is 7.17. The van der Waals surface area contributed by atoms with Crippen molar-refractivity contribution in [3.8, 4) is 0 Å². The van der Waals surface area contributed by atoms with Gasteiger partial charge in [-0.3, -0.25) is 0 Å². The lowest BCUT2D eigenvalue weighted by Crippen LogP contribution is -2.13. The summed E-state index contributed by atoms with van der Waals surface area (Å²) in [5.41, 5.74) is 3.96. The van der Waals surface area contributed by atoms with Crippen LogP contribution in [0.3, 0.4) is 0 Å². The van der Waals surface area contributed by atoms with Crippen LogP contribution in [0.25, 0.3) is 0 Å². The van der Waals surface area contributed by atoms with E-state index in [-0.39, 0.29) is 0 Å². The average Bonchev–Trinajstić information content (AvgIpc) is 2.24. The fourth-order valence-corrected chi connectivity index (χ4v) is 1.76. The molecule has 1 N–H and O–H groups in total. The topological polar surface area (TPSA) is 12.0 Å². The molecule has 0 amide bonds. The van der Waals surface area contributed by atoms with Gasteiger partial charge >= 0.3 is 0 Å². The number of aryl methyl sites for hydroxylation is 2. The Hall–Kier alpha value is -0.980. The van der Waals surface area contributed by atoms with E-state index in [2.05, 4.69) is 51.2 Å². The summed E-state index contributed by atoms with van der Waals surface area (Å²) >= 11 is 0. The van der Waals surface area contributed by atoms with Crippen LogP contribution in [0, 0.1) is 19.8 Å². The van der Waals surface area contributed by atoms with Gasteiger partial charge in [-0.2, -0.15) is 0 Å². The van der Waals surface area contributed by atoms with E-state index < -0.39 is 0 Å². The zero-order valence-electron chi connectivity index (χ0n) is 10.4. The number of hydrogen-bond acceptors (Lipinski definition) is 1. The normalized spacial score (nSPS) is 10.7. The molecule has 84 valence electrons. The monoisotopic (exact) mass is 205 g/mol. The Labute approximate surface area is 93.9 Å². The second-order valence-electron chi connectivity index (χ2n) is 4.38. The number of benzene rings is 1. The molecular weight excluding hydrogens is 182 g/mol. The lowest BCUT2D eigenvalue weighted by Gasteiger charge is -2.16. The molecule has 0 bridgehead atoms.